The number of furan rings is 1. The number of rotatable bonds is 1. The van der Waals surface area contributed by atoms with Crippen molar-refractivity contribution >= 4 is 33.0 Å². The molecular weight excluding hydrogens is 284 g/mol. The highest BCUT2D eigenvalue weighted by atomic mass is 16.3. The number of pyridine rings is 2. The fourth-order valence-corrected chi connectivity index (χ4v) is 2.94. The van der Waals surface area contributed by atoms with Crippen molar-refractivity contribution in [3.05, 3.63) is 72.8 Å². The molecule has 0 N–H and O–H groups in total. The average Bonchev–Trinajstić information content (AvgIpc) is 2.99. The van der Waals surface area contributed by atoms with Crippen molar-refractivity contribution in [1.29, 1.82) is 0 Å². The van der Waals surface area contributed by atoms with E-state index in [1.807, 2.05) is 60.7 Å². The highest BCUT2D eigenvalue weighted by Gasteiger charge is 2.10. The number of hydrogen-bond donors (Lipinski definition) is 0. The second-order valence-electron chi connectivity index (χ2n) is 5.53. The lowest BCUT2D eigenvalue weighted by Crippen LogP contribution is -1.88. The SMILES string of the molecule is c1ccc2nc(-c3ccc4oc5ccccc5c4n3)ccc2c1. The lowest BCUT2D eigenvalue weighted by Gasteiger charge is -2.02. The van der Waals surface area contributed by atoms with Crippen LogP contribution in [0.2, 0.25) is 0 Å². The van der Waals surface area contributed by atoms with Crippen LogP contribution in [-0.2, 0) is 0 Å². The summed E-state index contributed by atoms with van der Waals surface area (Å²) in [5.74, 6) is 0. The molecule has 0 fully saturated rings. The lowest BCUT2D eigenvalue weighted by atomic mass is 10.1. The monoisotopic (exact) mass is 296 g/mol. The van der Waals surface area contributed by atoms with Crippen LogP contribution in [0.5, 0.6) is 0 Å². The van der Waals surface area contributed by atoms with Gasteiger partial charge in [-0.2, -0.15) is 0 Å². The summed E-state index contributed by atoms with van der Waals surface area (Å²) >= 11 is 0. The number of nitrogens with zero attached hydrogens (tertiary/aromatic N) is 2. The molecule has 0 unspecified atom stereocenters. The van der Waals surface area contributed by atoms with Gasteiger partial charge in [-0.3, -0.25) is 0 Å². The summed E-state index contributed by atoms with van der Waals surface area (Å²) in [6.45, 7) is 0. The van der Waals surface area contributed by atoms with Crippen molar-refractivity contribution in [3.8, 4) is 11.4 Å². The second-order valence-corrected chi connectivity index (χ2v) is 5.53. The summed E-state index contributed by atoms with van der Waals surface area (Å²) in [7, 11) is 0. The molecule has 0 aliphatic rings. The minimum atomic E-state index is 0.802. The quantitative estimate of drug-likeness (QED) is 0.427. The molecule has 0 aliphatic carbocycles. The Morgan fingerprint density at radius 2 is 1.39 bits per heavy atom. The number of para-hydroxylation sites is 2. The first-order valence-electron chi connectivity index (χ1n) is 7.53. The maximum absolute atomic E-state index is 5.83. The van der Waals surface area contributed by atoms with Gasteiger partial charge in [-0.1, -0.05) is 36.4 Å². The molecule has 3 heteroatoms. The van der Waals surface area contributed by atoms with Gasteiger partial charge in [0.1, 0.15) is 11.1 Å². The van der Waals surface area contributed by atoms with Gasteiger partial charge in [0.15, 0.2) is 5.58 Å². The Bertz CT molecular complexity index is 1170. The molecule has 0 amide bonds. The number of benzene rings is 2. The van der Waals surface area contributed by atoms with Crippen LogP contribution in [0.4, 0.5) is 0 Å². The van der Waals surface area contributed by atoms with E-state index in [1.165, 1.54) is 0 Å². The molecule has 23 heavy (non-hydrogen) atoms. The Balaban J connectivity index is 1.76. The first-order valence-corrected chi connectivity index (χ1v) is 7.53. The Hall–Kier alpha value is -3.20. The Morgan fingerprint density at radius 1 is 0.609 bits per heavy atom. The first-order chi connectivity index (χ1) is 11.4. The van der Waals surface area contributed by atoms with Crippen LogP contribution in [0.15, 0.2) is 77.2 Å². The van der Waals surface area contributed by atoms with Gasteiger partial charge in [0.25, 0.3) is 0 Å². The highest BCUT2D eigenvalue weighted by Crippen LogP contribution is 2.29. The topological polar surface area (TPSA) is 38.9 Å². The minimum Gasteiger partial charge on any atom is -0.454 e. The normalized spacial score (nSPS) is 11.5. The van der Waals surface area contributed by atoms with Crippen molar-refractivity contribution in [3.63, 3.8) is 0 Å². The Kier molecular flexibility index (Phi) is 2.50. The van der Waals surface area contributed by atoms with Gasteiger partial charge in [-0.15, -0.1) is 0 Å². The molecule has 0 saturated carbocycles. The molecule has 0 atom stereocenters. The van der Waals surface area contributed by atoms with E-state index in [-0.39, 0.29) is 0 Å². The van der Waals surface area contributed by atoms with Gasteiger partial charge in [-0.25, -0.2) is 9.97 Å². The summed E-state index contributed by atoms with van der Waals surface area (Å²) in [6, 6.07) is 24.1. The largest absolute Gasteiger partial charge is 0.454 e. The van der Waals surface area contributed by atoms with Crippen molar-refractivity contribution in [2.24, 2.45) is 0 Å². The number of aromatic nitrogens is 2. The molecule has 3 aromatic heterocycles. The first kappa shape index (κ1) is 12.4. The molecule has 0 saturated heterocycles. The van der Waals surface area contributed by atoms with Gasteiger partial charge in [0.2, 0.25) is 0 Å². The van der Waals surface area contributed by atoms with Crippen molar-refractivity contribution in [2.75, 3.05) is 0 Å². The molecular formula is C20H12N2O. The maximum atomic E-state index is 5.83. The van der Waals surface area contributed by atoms with Crippen LogP contribution in [0.25, 0.3) is 44.4 Å². The van der Waals surface area contributed by atoms with Crippen LogP contribution in [0.1, 0.15) is 0 Å². The summed E-state index contributed by atoms with van der Waals surface area (Å²) in [6.07, 6.45) is 0. The van der Waals surface area contributed by atoms with E-state index in [0.717, 1.165) is 44.4 Å². The van der Waals surface area contributed by atoms with Crippen LogP contribution >= 0.6 is 0 Å². The number of fused-ring (bicyclic) bond motifs is 4. The smallest absolute Gasteiger partial charge is 0.153 e. The van der Waals surface area contributed by atoms with Gasteiger partial charge >= 0.3 is 0 Å². The van der Waals surface area contributed by atoms with E-state index in [1.54, 1.807) is 0 Å². The molecule has 5 rings (SSSR count). The third-order valence-electron chi connectivity index (χ3n) is 4.08. The van der Waals surface area contributed by atoms with E-state index in [2.05, 4.69) is 12.1 Å². The van der Waals surface area contributed by atoms with Crippen LogP contribution in [0.3, 0.4) is 0 Å². The molecule has 5 aromatic rings. The van der Waals surface area contributed by atoms with Gasteiger partial charge in [-0.05, 0) is 36.4 Å². The Labute approximate surface area is 132 Å². The zero-order chi connectivity index (χ0) is 15.2. The van der Waals surface area contributed by atoms with Gasteiger partial charge in [0.05, 0.1) is 16.9 Å². The third kappa shape index (κ3) is 1.90. The van der Waals surface area contributed by atoms with E-state index in [4.69, 9.17) is 14.4 Å². The zero-order valence-corrected chi connectivity index (χ0v) is 12.2. The van der Waals surface area contributed by atoms with E-state index in [9.17, 15) is 0 Å². The van der Waals surface area contributed by atoms with E-state index < -0.39 is 0 Å². The maximum Gasteiger partial charge on any atom is 0.153 e. The second kappa shape index (κ2) is 4.65. The molecule has 0 spiro atoms. The molecule has 0 aliphatic heterocycles. The van der Waals surface area contributed by atoms with E-state index in [0.29, 0.717) is 0 Å². The van der Waals surface area contributed by atoms with Gasteiger partial charge < -0.3 is 4.42 Å². The fourth-order valence-electron chi connectivity index (χ4n) is 2.94. The van der Waals surface area contributed by atoms with Crippen LogP contribution in [-0.4, -0.2) is 9.97 Å². The van der Waals surface area contributed by atoms with E-state index >= 15 is 0 Å². The summed E-state index contributed by atoms with van der Waals surface area (Å²) < 4.78 is 5.83. The average molecular weight is 296 g/mol. The van der Waals surface area contributed by atoms with Crippen molar-refractivity contribution in [2.45, 2.75) is 0 Å². The standard InChI is InChI=1S/C20H12N2O/c1-3-7-15-13(5-1)9-10-16(21-15)17-11-12-19-20(22-17)14-6-2-4-8-18(14)23-19/h1-12H. The fraction of sp³-hybridized carbons (Fsp3) is 0. The molecule has 3 heterocycles. The van der Waals surface area contributed by atoms with Crippen molar-refractivity contribution in [1.82, 2.24) is 9.97 Å². The lowest BCUT2D eigenvalue weighted by molar-refractivity contribution is 0.668. The summed E-state index contributed by atoms with van der Waals surface area (Å²) in [5, 5.41) is 2.16. The molecule has 0 bridgehead atoms. The highest BCUT2D eigenvalue weighted by molar-refractivity contribution is 6.02. The summed E-state index contributed by atoms with van der Waals surface area (Å²) in [4.78, 5) is 9.51. The molecule has 108 valence electrons. The molecule has 3 nitrogen and oxygen atoms in total. The Morgan fingerprint density at radius 3 is 2.39 bits per heavy atom. The van der Waals surface area contributed by atoms with Crippen LogP contribution in [0, 0.1) is 0 Å². The molecule has 0 radical (unpaired) electrons. The van der Waals surface area contributed by atoms with Crippen LogP contribution < -0.4 is 0 Å². The predicted octanol–water partition coefficient (Wildman–Crippen LogP) is 5.20. The zero-order valence-electron chi connectivity index (χ0n) is 12.2. The van der Waals surface area contributed by atoms with Gasteiger partial charge in [0, 0.05) is 10.8 Å². The molecule has 2 aromatic carbocycles. The van der Waals surface area contributed by atoms with Crippen molar-refractivity contribution < 1.29 is 4.42 Å². The summed E-state index contributed by atoms with van der Waals surface area (Å²) in [5.41, 5.74) is 5.25. The predicted molar refractivity (Wildman–Crippen MR) is 92.3 cm³/mol. The third-order valence-corrected chi connectivity index (χ3v) is 4.08. The minimum absolute atomic E-state index is 0.802. The number of hydrogen-bond acceptors (Lipinski definition) is 3.